The van der Waals surface area contributed by atoms with Gasteiger partial charge < -0.3 is 15.8 Å². The molecule has 0 amide bonds. The Kier molecular flexibility index (Phi) is 9.41. The van der Waals surface area contributed by atoms with E-state index in [-0.39, 0.29) is 0 Å². The largest absolute Gasteiger partial charge is 0.376 e. The van der Waals surface area contributed by atoms with Crippen LogP contribution in [0, 0.1) is 11.8 Å². The second kappa shape index (κ2) is 9.63. The number of hydrogen-bond acceptors (Lipinski definition) is 3. The van der Waals surface area contributed by atoms with Gasteiger partial charge in [-0.15, -0.1) is 0 Å². The summed E-state index contributed by atoms with van der Waals surface area (Å²) in [6.07, 6.45) is 1.21. The molecule has 0 spiro atoms. The molecule has 17 heavy (non-hydrogen) atoms. The first-order chi connectivity index (χ1) is 7.97. The highest BCUT2D eigenvalue weighted by atomic mass is 16.5. The molecule has 0 bridgehead atoms. The molecule has 3 N–H and O–H groups in total. The average molecular weight is 242 g/mol. The molecule has 2 atom stereocenters. The van der Waals surface area contributed by atoms with Crippen LogP contribution in [0.3, 0.4) is 0 Å². The van der Waals surface area contributed by atoms with Crippen molar-refractivity contribution in [2.45, 2.75) is 40.2 Å². The first kappa shape index (κ1) is 16.6. The number of ether oxygens (including phenoxy) is 1. The SMILES string of the molecule is C=C(C)COCCNC(CN)C(C)CC(C)C. The van der Waals surface area contributed by atoms with Crippen molar-refractivity contribution in [1.82, 2.24) is 5.32 Å². The van der Waals surface area contributed by atoms with Gasteiger partial charge in [0.15, 0.2) is 0 Å². The minimum atomic E-state index is 0.394. The van der Waals surface area contributed by atoms with E-state index in [1.165, 1.54) is 6.42 Å². The molecule has 0 aliphatic rings. The van der Waals surface area contributed by atoms with Gasteiger partial charge in [-0.05, 0) is 25.2 Å². The highest BCUT2D eigenvalue weighted by molar-refractivity contribution is 4.87. The molecule has 0 fully saturated rings. The van der Waals surface area contributed by atoms with Gasteiger partial charge in [0.05, 0.1) is 13.2 Å². The quantitative estimate of drug-likeness (QED) is 0.456. The van der Waals surface area contributed by atoms with E-state index in [0.29, 0.717) is 25.1 Å². The Hall–Kier alpha value is -0.380. The highest BCUT2D eigenvalue weighted by Gasteiger charge is 2.15. The summed E-state index contributed by atoms with van der Waals surface area (Å²) >= 11 is 0. The van der Waals surface area contributed by atoms with Crippen molar-refractivity contribution in [3.8, 4) is 0 Å². The number of hydrogen-bond donors (Lipinski definition) is 2. The van der Waals surface area contributed by atoms with Crippen LogP contribution in [-0.4, -0.2) is 32.3 Å². The minimum absolute atomic E-state index is 0.394. The molecule has 3 heteroatoms. The highest BCUT2D eigenvalue weighted by Crippen LogP contribution is 2.14. The lowest BCUT2D eigenvalue weighted by Gasteiger charge is -2.25. The molecule has 2 unspecified atom stereocenters. The maximum atomic E-state index is 5.79. The van der Waals surface area contributed by atoms with Gasteiger partial charge in [0.1, 0.15) is 0 Å². The Morgan fingerprint density at radius 2 is 2.00 bits per heavy atom. The van der Waals surface area contributed by atoms with Crippen LogP contribution >= 0.6 is 0 Å². The fraction of sp³-hybridized carbons (Fsp3) is 0.857. The third-order valence-corrected chi connectivity index (χ3v) is 2.79. The molecule has 0 heterocycles. The summed E-state index contributed by atoms with van der Waals surface area (Å²) in [5, 5.41) is 3.47. The van der Waals surface area contributed by atoms with E-state index in [4.69, 9.17) is 10.5 Å². The van der Waals surface area contributed by atoms with Gasteiger partial charge >= 0.3 is 0 Å². The second-order valence-electron chi connectivity index (χ2n) is 5.41. The van der Waals surface area contributed by atoms with E-state index >= 15 is 0 Å². The predicted molar refractivity (Wildman–Crippen MR) is 75.1 cm³/mol. The third-order valence-electron chi connectivity index (χ3n) is 2.79. The molecule has 0 aliphatic heterocycles. The summed E-state index contributed by atoms with van der Waals surface area (Å²) in [5.74, 6) is 1.33. The molecule has 0 saturated carbocycles. The smallest absolute Gasteiger partial charge is 0.0672 e. The van der Waals surface area contributed by atoms with Gasteiger partial charge in [-0.25, -0.2) is 0 Å². The van der Waals surface area contributed by atoms with Crippen molar-refractivity contribution < 1.29 is 4.74 Å². The summed E-state index contributed by atoms with van der Waals surface area (Å²) < 4.78 is 5.45. The van der Waals surface area contributed by atoms with Gasteiger partial charge in [-0.1, -0.05) is 32.9 Å². The van der Waals surface area contributed by atoms with E-state index in [0.717, 1.165) is 24.6 Å². The van der Waals surface area contributed by atoms with Gasteiger partial charge in [-0.3, -0.25) is 0 Å². The molecule has 0 radical (unpaired) electrons. The third kappa shape index (κ3) is 9.33. The van der Waals surface area contributed by atoms with Crippen LogP contribution in [-0.2, 0) is 4.74 Å². The van der Waals surface area contributed by atoms with Crippen LogP contribution in [0.25, 0.3) is 0 Å². The topological polar surface area (TPSA) is 47.3 Å². The summed E-state index contributed by atoms with van der Waals surface area (Å²) in [7, 11) is 0. The fourth-order valence-corrected chi connectivity index (χ4v) is 1.99. The molecule has 102 valence electrons. The summed E-state index contributed by atoms with van der Waals surface area (Å²) in [5.41, 5.74) is 6.86. The van der Waals surface area contributed by atoms with Crippen LogP contribution < -0.4 is 11.1 Å². The number of nitrogens with one attached hydrogen (secondary N) is 1. The molecule has 0 aromatic carbocycles. The molecule has 0 saturated heterocycles. The maximum absolute atomic E-state index is 5.79. The molecular weight excluding hydrogens is 212 g/mol. The minimum Gasteiger partial charge on any atom is -0.376 e. The molecule has 0 aliphatic carbocycles. The lowest BCUT2D eigenvalue weighted by atomic mass is 9.92. The van der Waals surface area contributed by atoms with Gasteiger partial charge in [0, 0.05) is 19.1 Å². The summed E-state index contributed by atoms with van der Waals surface area (Å²) in [4.78, 5) is 0. The van der Waals surface area contributed by atoms with Crippen LogP contribution in [0.4, 0.5) is 0 Å². The van der Waals surface area contributed by atoms with Crippen LogP contribution in [0.15, 0.2) is 12.2 Å². The first-order valence-electron chi connectivity index (χ1n) is 6.63. The van der Waals surface area contributed by atoms with Crippen molar-refractivity contribution >= 4 is 0 Å². The zero-order chi connectivity index (χ0) is 13.3. The number of rotatable bonds is 10. The van der Waals surface area contributed by atoms with Crippen LogP contribution in [0.2, 0.25) is 0 Å². The molecule has 0 rings (SSSR count). The normalized spacial score (nSPS) is 14.9. The number of nitrogens with two attached hydrogens (primary N) is 1. The van der Waals surface area contributed by atoms with Crippen molar-refractivity contribution in [3.05, 3.63) is 12.2 Å². The van der Waals surface area contributed by atoms with E-state index < -0.39 is 0 Å². The Labute approximate surface area is 107 Å². The van der Waals surface area contributed by atoms with Gasteiger partial charge in [0.2, 0.25) is 0 Å². The van der Waals surface area contributed by atoms with E-state index in [9.17, 15) is 0 Å². The Bertz CT molecular complexity index is 204. The standard InChI is InChI=1S/C14H30N2O/c1-11(2)8-13(5)14(9-15)16-6-7-17-10-12(3)4/h11,13-14,16H,3,6-10,15H2,1-2,4-5H3. The second-order valence-corrected chi connectivity index (χ2v) is 5.41. The van der Waals surface area contributed by atoms with E-state index in [1.807, 2.05) is 6.92 Å². The monoisotopic (exact) mass is 242 g/mol. The molecule has 0 aromatic heterocycles. The van der Waals surface area contributed by atoms with Crippen molar-refractivity contribution in [2.75, 3.05) is 26.3 Å². The Balaban J connectivity index is 3.70. The van der Waals surface area contributed by atoms with E-state index in [2.05, 4.69) is 32.7 Å². The summed E-state index contributed by atoms with van der Waals surface area (Å²) in [6, 6.07) is 0.394. The fourth-order valence-electron chi connectivity index (χ4n) is 1.99. The van der Waals surface area contributed by atoms with Gasteiger partial charge in [0.25, 0.3) is 0 Å². The first-order valence-corrected chi connectivity index (χ1v) is 6.63. The Morgan fingerprint density at radius 1 is 1.35 bits per heavy atom. The average Bonchev–Trinajstić information content (AvgIpc) is 2.21. The summed E-state index contributed by atoms with van der Waals surface area (Å²) in [6.45, 7) is 15.5. The lowest BCUT2D eigenvalue weighted by Crippen LogP contribution is -2.43. The van der Waals surface area contributed by atoms with Crippen molar-refractivity contribution in [3.63, 3.8) is 0 Å². The zero-order valence-electron chi connectivity index (χ0n) is 12.0. The van der Waals surface area contributed by atoms with Crippen molar-refractivity contribution in [2.24, 2.45) is 17.6 Å². The van der Waals surface area contributed by atoms with Crippen LogP contribution in [0.5, 0.6) is 0 Å². The van der Waals surface area contributed by atoms with Crippen molar-refractivity contribution in [1.29, 1.82) is 0 Å². The van der Waals surface area contributed by atoms with E-state index in [1.54, 1.807) is 0 Å². The predicted octanol–water partition coefficient (Wildman–Crippen LogP) is 2.18. The van der Waals surface area contributed by atoms with Crippen LogP contribution in [0.1, 0.15) is 34.1 Å². The zero-order valence-corrected chi connectivity index (χ0v) is 12.0. The molecule has 3 nitrogen and oxygen atoms in total. The lowest BCUT2D eigenvalue weighted by molar-refractivity contribution is 0.152. The Morgan fingerprint density at radius 3 is 2.47 bits per heavy atom. The maximum Gasteiger partial charge on any atom is 0.0672 e. The van der Waals surface area contributed by atoms with Gasteiger partial charge in [-0.2, -0.15) is 0 Å². The molecular formula is C14H30N2O. The molecule has 0 aromatic rings.